The van der Waals surface area contributed by atoms with Crippen LogP contribution in [0.1, 0.15) is 36.9 Å². The normalized spacial score (nSPS) is 12.1. The van der Waals surface area contributed by atoms with Gasteiger partial charge in [-0.05, 0) is 67.6 Å². The van der Waals surface area contributed by atoms with Crippen LogP contribution in [-0.4, -0.2) is 37.8 Å². The molecule has 2 aromatic rings. The molecule has 0 heterocycles. The van der Waals surface area contributed by atoms with Crippen molar-refractivity contribution in [2.24, 2.45) is 0 Å². The van der Waals surface area contributed by atoms with Gasteiger partial charge in [0.05, 0.1) is 13.2 Å². The fourth-order valence-electron chi connectivity index (χ4n) is 2.74. The van der Waals surface area contributed by atoms with Gasteiger partial charge in [0, 0.05) is 12.2 Å². The number of hydrogen-bond donors (Lipinski definition) is 2. The van der Waals surface area contributed by atoms with Gasteiger partial charge < -0.3 is 20.3 Å². The van der Waals surface area contributed by atoms with E-state index in [1.165, 1.54) is 11.1 Å². The summed E-state index contributed by atoms with van der Waals surface area (Å²) in [6.45, 7) is 5.10. The molecule has 0 saturated carbocycles. The number of ether oxygens (including phenoxy) is 1. The molecule has 1 atom stereocenters. The van der Waals surface area contributed by atoms with Crippen molar-refractivity contribution in [3.05, 3.63) is 59.7 Å². The van der Waals surface area contributed by atoms with Gasteiger partial charge in [-0.25, -0.2) is 0 Å². The Balaban J connectivity index is 1.94. The number of thiocarbonyl (C=S) groups is 1. The van der Waals surface area contributed by atoms with Crippen molar-refractivity contribution in [3.63, 3.8) is 0 Å². The number of nitrogens with zero attached hydrogens (tertiary/aromatic N) is 1. The molecule has 0 aromatic heterocycles. The largest absolute Gasteiger partial charge is 0.497 e. The van der Waals surface area contributed by atoms with Gasteiger partial charge in [-0.3, -0.25) is 0 Å². The molecule has 0 radical (unpaired) electrons. The first-order valence-electron chi connectivity index (χ1n) is 8.86. The molecular weight excluding hydrogens is 342 g/mol. The summed E-state index contributed by atoms with van der Waals surface area (Å²) < 4.78 is 5.24. The fourth-order valence-corrected chi connectivity index (χ4v) is 2.94. The standard InChI is InChI=1S/C21H29N3OS/c1-15(2)16-6-10-18(11-7-16)23-21(26)22-14-20(24(3)4)17-8-12-19(25-5)13-9-17/h6-13,15,20H,14H2,1-5H3,(H2,22,23,26)/t20-/m0/s1. The van der Waals surface area contributed by atoms with Crippen molar-refractivity contribution in [3.8, 4) is 5.75 Å². The zero-order chi connectivity index (χ0) is 19.1. The van der Waals surface area contributed by atoms with Gasteiger partial charge in [-0.2, -0.15) is 0 Å². The molecule has 0 aliphatic carbocycles. The smallest absolute Gasteiger partial charge is 0.170 e. The van der Waals surface area contributed by atoms with Crippen LogP contribution in [0.2, 0.25) is 0 Å². The number of benzene rings is 2. The van der Waals surface area contributed by atoms with Crippen LogP contribution in [0.3, 0.4) is 0 Å². The Labute approximate surface area is 162 Å². The number of anilines is 1. The maximum absolute atomic E-state index is 5.45. The van der Waals surface area contributed by atoms with Crippen LogP contribution >= 0.6 is 12.2 Å². The highest BCUT2D eigenvalue weighted by Gasteiger charge is 2.14. The summed E-state index contributed by atoms with van der Waals surface area (Å²) in [7, 11) is 5.81. The van der Waals surface area contributed by atoms with Crippen molar-refractivity contribution in [1.82, 2.24) is 10.2 Å². The Morgan fingerprint density at radius 2 is 1.58 bits per heavy atom. The Morgan fingerprint density at radius 3 is 2.08 bits per heavy atom. The minimum atomic E-state index is 0.212. The summed E-state index contributed by atoms with van der Waals surface area (Å²) in [4.78, 5) is 2.18. The number of likely N-dealkylation sites (N-methyl/N-ethyl adjacent to an activating group) is 1. The van der Waals surface area contributed by atoms with Crippen molar-refractivity contribution >= 4 is 23.0 Å². The first-order valence-corrected chi connectivity index (χ1v) is 9.26. The van der Waals surface area contributed by atoms with Gasteiger partial charge in [0.1, 0.15) is 5.75 Å². The van der Waals surface area contributed by atoms with Gasteiger partial charge in [-0.1, -0.05) is 38.1 Å². The van der Waals surface area contributed by atoms with Gasteiger partial charge >= 0.3 is 0 Å². The van der Waals surface area contributed by atoms with Crippen LogP contribution in [0, 0.1) is 0 Å². The third kappa shape index (κ3) is 5.71. The Kier molecular flexibility index (Phi) is 7.42. The van der Waals surface area contributed by atoms with Crippen molar-refractivity contribution in [2.45, 2.75) is 25.8 Å². The molecule has 0 unspecified atom stereocenters. The fraction of sp³-hybridized carbons (Fsp3) is 0.381. The molecule has 0 saturated heterocycles. The van der Waals surface area contributed by atoms with Crippen LogP contribution in [0.15, 0.2) is 48.5 Å². The van der Waals surface area contributed by atoms with Crippen molar-refractivity contribution < 1.29 is 4.74 Å². The highest BCUT2D eigenvalue weighted by atomic mass is 32.1. The summed E-state index contributed by atoms with van der Waals surface area (Å²) in [5.41, 5.74) is 3.53. The van der Waals surface area contributed by atoms with E-state index in [1.807, 2.05) is 12.1 Å². The molecule has 0 spiro atoms. The minimum Gasteiger partial charge on any atom is -0.497 e. The van der Waals surface area contributed by atoms with E-state index >= 15 is 0 Å². The number of methoxy groups -OCH3 is 1. The highest BCUT2D eigenvalue weighted by molar-refractivity contribution is 7.80. The van der Waals surface area contributed by atoms with Crippen LogP contribution in [0.5, 0.6) is 5.75 Å². The zero-order valence-corrected chi connectivity index (χ0v) is 17.1. The minimum absolute atomic E-state index is 0.212. The molecule has 2 aromatic carbocycles. The maximum atomic E-state index is 5.45. The van der Waals surface area contributed by atoms with Crippen molar-refractivity contribution in [2.75, 3.05) is 33.1 Å². The molecule has 0 bridgehead atoms. The lowest BCUT2D eigenvalue weighted by molar-refractivity contribution is 0.299. The van der Waals surface area contributed by atoms with Crippen molar-refractivity contribution in [1.29, 1.82) is 0 Å². The summed E-state index contributed by atoms with van der Waals surface area (Å²) in [5, 5.41) is 7.21. The predicted molar refractivity (Wildman–Crippen MR) is 114 cm³/mol. The number of hydrogen-bond acceptors (Lipinski definition) is 3. The Morgan fingerprint density at radius 1 is 1.00 bits per heavy atom. The number of rotatable bonds is 7. The van der Waals surface area contributed by atoms with E-state index in [0.717, 1.165) is 18.0 Å². The van der Waals surface area contributed by atoms with Gasteiger partial charge in [0.2, 0.25) is 0 Å². The summed E-state index contributed by atoms with van der Waals surface area (Å²) in [6, 6.07) is 16.8. The second-order valence-corrected chi connectivity index (χ2v) is 7.27. The topological polar surface area (TPSA) is 36.5 Å². The van der Waals surface area contributed by atoms with E-state index in [1.54, 1.807) is 7.11 Å². The summed E-state index contributed by atoms with van der Waals surface area (Å²) in [6.07, 6.45) is 0. The first kappa shape index (κ1) is 20.2. The quantitative estimate of drug-likeness (QED) is 0.705. The molecular formula is C21H29N3OS. The lowest BCUT2D eigenvalue weighted by atomic mass is 10.0. The molecule has 0 aliphatic heterocycles. The van der Waals surface area contributed by atoms with E-state index in [0.29, 0.717) is 11.0 Å². The average Bonchev–Trinajstić information content (AvgIpc) is 2.62. The van der Waals surface area contributed by atoms with E-state index in [4.69, 9.17) is 17.0 Å². The predicted octanol–water partition coefficient (Wildman–Crippen LogP) is 4.41. The maximum Gasteiger partial charge on any atom is 0.170 e. The van der Waals surface area contributed by atoms with Crippen LogP contribution < -0.4 is 15.4 Å². The molecule has 2 N–H and O–H groups in total. The molecule has 0 fully saturated rings. The lowest BCUT2D eigenvalue weighted by Crippen LogP contribution is -2.36. The third-order valence-corrected chi connectivity index (χ3v) is 4.66. The van der Waals surface area contributed by atoms with Gasteiger partial charge in [0.15, 0.2) is 5.11 Å². The monoisotopic (exact) mass is 371 g/mol. The SMILES string of the molecule is COc1ccc([C@H](CNC(=S)Nc2ccc(C(C)C)cc2)N(C)C)cc1. The van der Waals surface area contributed by atoms with Crippen LogP contribution in [0.25, 0.3) is 0 Å². The molecule has 140 valence electrons. The molecule has 26 heavy (non-hydrogen) atoms. The molecule has 5 heteroatoms. The van der Waals surface area contributed by atoms with E-state index in [9.17, 15) is 0 Å². The van der Waals surface area contributed by atoms with E-state index < -0.39 is 0 Å². The summed E-state index contributed by atoms with van der Waals surface area (Å²) in [5.74, 6) is 1.39. The Bertz CT molecular complexity index is 696. The van der Waals surface area contributed by atoms with Gasteiger partial charge in [-0.15, -0.1) is 0 Å². The van der Waals surface area contributed by atoms with E-state index in [2.05, 4.69) is 79.9 Å². The molecule has 0 aliphatic rings. The zero-order valence-electron chi connectivity index (χ0n) is 16.2. The molecule has 0 amide bonds. The van der Waals surface area contributed by atoms with Crippen LogP contribution in [0.4, 0.5) is 5.69 Å². The Hall–Kier alpha value is -2.11. The van der Waals surface area contributed by atoms with Crippen LogP contribution in [-0.2, 0) is 0 Å². The highest BCUT2D eigenvalue weighted by Crippen LogP contribution is 2.21. The second kappa shape index (κ2) is 9.55. The van der Waals surface area contributed by atoms with E-state index in [-0.39, 0.29) is 6.04 Å². The first-order chi connectivity index (χ1) is 12.4. The second-order valence-electron chi connectivity index (χ2n) is 6.86. The molecule has 4 nitrogen and oxygen atoms in total. The molecule has 2 rings (SSSR count). The average molecular weight is 372 g/mol. The van der Waals surface area contributed by atoms with Gasteiger partial charge in [0.25, 0.3) is 0 Å². The summed E-state index contributed by atoms with van der Waals surface area (Å²) >= 11 is 5.45. The third-order valence-electron chi connectivity index (χ3n) is 4.42. The lowest BCUT2D eigenvalue weighted by Gasteiger charge is -2.26. The number of nitrogens with one attached hydrogen (secondary N) is 2.